The molecule has 1 aromatic rings. The Bertz CT molecular complexity index is 708. The maximum atomic E-state index is 12.1. The van der Waals surface area contributed by atoms with Crippen LogP contribution in [-0.2, 0) is 19.4 Å². The van der Waals surface area contributed by atoms with Crippen molar-refractivity contribution in [1.82, 2.24) is 0 Å². The van der Waals surface area contributed by atoms with E-state index in [0.717, 1.165) is 6.26 Å². The number of benzene rings is 1. The van der Waals surface area contributed by atoms with E-state index in [1.165, 1.54) is 18.2 Å². The van der Waals surface area contributed by atoms with E-state index in [1.807, 2.05) is 0 Å². The standard InChI is InChI=1S/C14H17NO5S/c1-14(2)10(11(14)13(17)18)12(16)15-8-5-4-6-9(7-8)21(3,19)20/h4-7,10-11H,1-3H3,(H,15,16)(H,17,18)/t10-,11+/m1/s1. The van der Waals surface area contributed by atoms with Gasteiger partial charge in [-0.1, -0.05) is 19.9 Å². The molecule has 114 valence electrons. The zero-order valence-electron chi connectivity index (χ0n) is 12.0. The quantitative estimate of drug-likeness (QED) is 0.875. The van der Waals surface area contributed by atoms with Gasteiger partial charge < -0.3 is 10.4 Å². The molecule has 1 aromatic carbocycles. The summed E-state index contributed by atoms with van der Waals surface area (Å²) in [4.78, 5) is 23.3. The normalized spacial score (nSPS) is 23.4. The molecule has 1 aliphatic rings. The highest BCUT2D eigenvalue weighted by Crippen LogP contribution is 2.58. The number of amides is 1. The lowest BCUT2D eigenvalue weighted by atomic mass is 10.1. The molecular formula is C14H17NO5S. The zero-order valence-corrected chi connectivity index (χ0v) is 12.8. The van der Waals surface area contributed by atoms with Gasteiger partial charge in [-0.05, 0) is 23.6 Å². The number of carboxylic acids is 1. The third-order valence-corrected chi connectivity index (χ3v) is 5.02. The lowest BCUT2D eigenvalue weighted by molar-refractivity contribution is -0.140. The van der Waals surface area contributed by atoms with Gasteiger partial charge >= 0.3 is 5.97 Å². The number of anilines is 1. The van der Waals surface area contributed by atoms with Crippen LogP contribution in [0.3, 0.4) is 0 Å². The smallest absolute Gasteiger partial charge is 0.307 e. The van der Waals surface area contributed by atoms with Gasteiger partial charge in [-0.15, -0.1) is 0 Å². The molecule has 0 aromatic heterocycles. The number of carbonyl (C=O) groups excluding carboxylic acids is 1. The van der Waals surface area contributed by atoms with Gasteiger partial charge in [0.05, 0.1) is 16.7 Å². The van der Waals surface area contributed by atoms with Gasteiger partial charge in [-0.2, -0.15) is 0 Å². The van der Waals surface area contributed by atoms with E-state index in [0.29, 0.717) is 5.69 Å². The van der Waals surface area contributed by atoms with E-state index in [-0.39, 0.29) is 4.90 Å². The van der Waals surface area contributed by atoms with Crippen molar-refractivity contribution in [2.45, 2.75) is 18.7 Å². The minimum Gasteiger partial charge on any atom is -0.481 e. The molecule has 0 bridgehead atoms. The second-order valence-corrected chi connectivity index (χ2v) is 7.92. The number of carbonyl (C=O) groups is 2. The Balaban J connectivity index is 2.17. The lowest BCUT2D eigenvalue weighted by Crippen LogP contribution is -2.18. The first-order chi connectivity index (χ1) is 9.55. The SMILES string of the molecule is CC1(C)[C@H](C(=O)O)[C@@H]1C(=O)Nc1cccc(S(C)(=O)=O)c1. The predicted molar refractivity (Wildman–Crippen MR) is 76.6 cm³/mol. The molecule has 0 radical (unpaired) electrons. The molecule has 6 nitrogen and oxygen atoms in total. The van der Waals surface area contributed by atoms with Crippen LogP contribution in [0.25, 0.3) is 0 Å². The van der Waals surface area contributed by atoms with Crippen LogP contribution in [0, 0.1) is 17.3 Å². The van der Waals surface area contributed by atoms with Gasteiger partial charge in [0.25, 0.3) is 0 Å². The Kier molecular flexibility index (Phi) is 3.57. The fourth-order valence-electron chi connectivity index (χ4n) is 2.61. The molecule has 1 aliphatic carbocycles. The highest BCUT2D eigenvalue weighted by Gasteiger charge is 2.65. The highest BCUT2D eigenvalue weighted by atomic mass is 32.2. The van der Waals surface area contributed by atoms with Crippen molar-refractivity contribution < 1.29 is 23.1 Å². The van der Waals surface area contributed by atoms with Crippen LogP contribution in [-0.4, -0.2) is 31.7 Å². The van der Waals surface area contributed by atoms with Crippen molar-refractivity contribution in [3.8, 4) is 0 Å². The molecule has 0 saturated heterocycles. The molecule has 0 aliphatic heterocycles. The van der Waals surface area contributed by atoms with Gasteiger partial charge in [0.2, 0.25) is 5.91 Å². The number of nitrogens with one attached hydrogen (secondary N) is 1. The topological polar surface area (TPSA) is 101 Å². The molecule has 7 heteroatoms. The fraction of sp³-hybridized carbons (Fsp3) is 0.429. The van der Waals surface area contributed by atoms with Crippen molar-refractivity contribution in [2.75, 3.05) is 11.6 Å². The molecule has 2 rings (SSSR count). The summed E-state index contributed by atoms with van der Waals surface area (Å²) in [7, 11) is -3.36. The number of sulfone groups is 1. The van der Waals surface area contributed by atoms with Crippen molar-refractivity contribution in [3.63, 3.8) is 0 Å². The Morgan fingerprint density at radius 2 is 1.86 bits per heavy atom. The molecule has 1 fully saturated rings. The van der Waals surface area contributed by atoms with Crippen LogP contribution in [0.2, 0.25) is 0 Å². The summed E-state index contributed by atoms with van der Waals surface area (Å²) in [6.45, 7) is 3.45. The predicted octanol–water partition coefficient (Wildman–Crippen LogP) is 1.39. The summed E-state index contributed by atoms with van der Waals surface area (Å²) in [6.07, 6.45) is 1.08. The van der Waals surface area contributed by atoms with Crippen LogP contribution in [0.15, 0.2) is 29.2 Å². The maximum absolute atomic E-state index is 12.1. The molecule has 2 N–H and O–H groups in total. The Morgan fingerprint density at radius 3 is 2.33 bits per heavy atom. The summed E-state index contributed by atoms with van der Waals surface area (Å²) in [5.41, 5.74) is -0.251. The average Bonchev–Trinajstić information content (AvgIpc) is 2.92. The number of hydrogen-bond donors (Lipinski definition) is 2. The van der Waals surface area contributed by atoms with Gasteiger partial charge in [-0.3, -0.25) is 9.59 Å². The maximum Gasteiger partial charge on any atom is 0.307 e. The van der Waals surface area contributed by atoms with E-state index in [9.17, 15) is 18.0 Å². The number of rotatable bonds is 4. The van der Waals surface area contributed by atoms with E-state index >= 15 is 0 Å². The molecule has 1 saturated carbocycles. The number of hydrogen-bond acceptors (Lipinski definition) is 4. The Hall–Kier alpha value is -1.89. The van der Waals surface area contributed by atoms with Crippen LogP contribution in [0.4, 0.5) is 5.69 Å². The molecule has 0 unspecified atom stereocenters. The molecule has 0 spiro atoms. The molecule has 0 heterocycles. The van der Waals surface area contributed by atoms with Crippen LogP contribution < -0.4 is 5.32 Å². The third kappa shape index (κ3) is 2.92. The molecule has 21 heavy (non-hydrogen) atoms. The average molecular weight is 311 g/mol. The summed E-state index contributed by atoms with van der Waals surface area (Å²) < 4.78 is 22.9. The van der Waals surface area contributed by atoms with Crippen LogP contribution >= 0.6 is 0 Å². The first-order valence-corrected chi connectivity index (χ1v) is 8.28. The first kappa shape index (κ1) is 15.5. The first-order valence-electron chi connectivity index (χ1n) is 6.39. The van der Waals surface area contributed by atoms with Crippen molar-refractivity contribution in [2.24, 2.45) is 17.3 Å². The second kappa shape index (κ2) is 4.84. The second-order valence-electron chi connectivity index (χ2n) is 5.90. The summed E-state index contributed by atoms with van der Waals surface area (Å²) in [5.74, 6) is -2.73. The molecule has 1 amide bonds. The van der Waals surface area contributed by atoms with E-state index in [4.69, 9.17) is 5.11 Å². The molecule has 2 atom stereocenters. The number of carboxylic acid groups (broad SMARTS) is 1. The van der Waals surface area contributed by atoms with E-state index in [1.54, 1.807) is 19.9 Å². The zero-order chi connectivity index (χ0) is 16.0. The summed E-state index contributed by atoms with van der Waals surface area (Å²) >= 11 is 0. The van der Waals surface area contributed by atoms with E-state index < -0.39 is 39.0 Å². The number of aliphatic carboxylic acids is 1. The van der Waals surface area contributed by atoms with E-state index in [2.05, 4.69) is 5.32 Å². The van der Waals surface area contributed by atoms with Gasteiger partial charge in [0.15, 0.2) is 9.84 Å². The Morgan fingerprint density at radius 1 is 1.24 bits per heavy atom. The highest BCUT2D eigenvalue weighted by molar-refractivity contribution is 7.90. The minimum absolute atomic E-state index is 0.102. The van der Waals surface area contributed by atoms with Crippen molar-refractivity contribution in [1.29, 1.82) is 0 Å². The van der Waals surface area contributed by atoms with Gasteiger partial charge in [0, 0.05) is 11.9 Å². The van der Waals surface area contributed by atoms with Crippen molar-refractivity contribution in [3.05, 3.63) is 24.3 Å². The summed E-state index contributed by atoms with van der Waals surface area (Å²) in [6, 6.07) is 5.89. The molecular weight excluding hydrogens is 294 g/mol. The minimum atomic E-state index is -3.36. The van der Waals surface area contributed by atoms with Gasteiger partial charge in [0.1, 0.15) is 0 Å². The third-order valence-electron chi connectivity index (χ3n) is 3.91. The summed E-state index contributed by atoms with van der Waals surface area (Å²) in [5, 5.41) is 11.7. The van der Waals surface area contributed by atoms with Crippen LogP contribution in [0.5, 0.6) is 0 Å². The fourth-order valence-corrected chi connectivity index (χ4v) is 3.28. The van der Waals surface area contributed by atoms with Crippen molar-refractivity contribution >= 4 is 27.4 Å². The largest absolute Gasteiger partial charge is 0.481 e. The Labute approximate surface area is 123 Å². The lowest BCUT2D eigenvalue weighted by Gasteiger charge is -2.07. The van der Waals surface area contributed by atoms with Crippen LogP contribution in [0.1, 0.15) is 13.8 Å². The van der Waals surface area contributed by atoms with Gasteiger partial charge in [-0.25, -0.2) is 8.42 Å². The monoisotopic (exact) mass is 311 g/mol.